The number of allylic oxidation sites excluding steroid dienone is 1. The molecule has 3 nitrogen and oxygen atoms in total. The lowest BCUT2D eigenvalue weighted by Crippen LogP contribution is -1.79. The fraction of sp³-hybridized carbons (Fsp3) is 0. The van der Waals surface area contributed by atoms with E-state index in [-0.39, 0.29) is 0 Å². The van der Waals surface area contributed by atoms with Crippen molar-refractivity contribution in [1.29, 1.82) is 5.26 Å². The Morgan fingerprint density at radius 3 is 2.69 bits per heavy atom. The van der Waals surface area contributed by atoms with Gasteiger partial charge >= 0.3 is 0 Å². The Balaban J connectivity index is 1.59. The molecule has 0 aliphatic heterocycles. The zero-order chi connectivity index (χ0) is 17.9. The molecule has 0 bridgehead atoms. The molecule has 0 spiro atoms. The van der Waals surface area contributed by atoms with Gasteiger partial charge in [-0.3, -0.25) is 0 Å². The molecule has 0 saturated carbocycles. The number of halogens is 1. The lowest BCUT2D eigenvalue weighted by molar-refractivity contribution is 0.466. The third-order valence-electron chi connectivity index (χ3n) is 3.57. The molecule has 0 amide bonds. The predicted octanol–water partition coefficient (Wildman–Crippen LogP) is 6.87. The van der Waals surface area contributed by atoms with E-state index in [0.29, 0.717) is 16.3 Å². The molecule has 0 N–H and O–H groups in total. The molecule has 0 aliphatic rings. The van der Waals surface area contributed by atoms with Crippen LogP contribution in [0.1, 0.15) is 10.8 Å². The Bertz CT molecular complexity index is 1100. The maximum atomic E-state index is 9.53. The van der Waals surface area contributed by atoms with Crippen LogP contribution in [-0.4, -0.2) is 4.98 Å². The first kappa shape index (κ1) is 17.1. The molecule has 0 unspecified atom stereocenters. The highest BCUT2D eigenvalue weighted by atomic mass is 79.9. The number of rotatable bonds is 4. The quantitative estimate of drug-likeness (QED) is 0.326. The minimum absolute atomic E-state index is 0.501. The highest BCUT2D eigenvalue weighted by Crippen LogP contribution is 2.32. The maximum absolute atomic E-state index is 9.53. The molecule has 6 heteroatoms. The Kier molecular flexibility index (Phi) is 4.93. The zero-order valence-electron chi connectivity index (χ0n) is 13.3. The summed E-state index contributed by atoms with van der Waals surface area (Å²) in [5.41, 5.74) is 1.40. The number of hydrogen-bond donors (Lipinski definition) is 0. The van der Waals surface area contributed by atoms with Crippen LogP contribution in [0.25, 0.3) is 21.9 Å². The maximum Gasteiger partial charge on any atom is 0.165 e. The van der Waals surface area contributed by atoms with Gasteiger partial charge in [-0.25, -0.2) is 4.98 Å². The Morgan fingerprint density at radius 2 is 1.92 bits per heavy atom. The van der Waals surface area contributed by atoms with Crippen LogP contribution in [-0.2, 0) is 0 Å². The van der Waals surface area contributed by atoms with Crippen LogP contribution < -0.4 is 0 Å². The van der Waals surface area contributed by atoms with E-state index in [4.69, 9.17) is 4.42 Å². The Hall–Kier alpha value is -2.33. The average molecular weight is 439 g/mol. The molecule has 26 heavy (non-hydrogen) atoms. The standard InChI is InChI=1S/C20H11BrN2OS2/c21-14-5-8-16(9-6-14)25-19-10-7-15(24-19)11-13(12-22)20-23-17-3-1-2-4-18(17)26-20/h1-11H. The summed E-state index contributed by atoms with van der Waals surface area (Å²) in [6, 6.07) is 21.9. The van der Waals surface area contributed by atoms with Crippen LogP contribution in [0, 0.1) is 11.3 Å². The molecular weight excluding hydrogens is 428 g/mol. The summed E-state index contributed by atoms with van der Waals surface area (Å²) in [4.78, 5) is 5.63. The molecule has 0 atom stereocenters. The lowest BCUT2D eigenvalue weighted by Gasteiger charge is -1.97. The van der Waals surface area contributed by atoms with Crippen LogP contribution in [0.2, 0.25) is 0 Å². The first-order valence-corrected chi connectivity index (χ1v) is 10.1. The van der Waals surface area contributed by atoms with Gasteiger partial charge in [-0.2, -0.15) is 5.26 Å². The Morgan fingerprint density at radius 1 is 1.12 bits per heavy atom. The first-order valence-electron chi connectivity index (χ1n) is 7.72. The number of furan rings is 1. The predicted molar refractivity (Wildman–Crippen MR) is 110 cm³/mol. The summed E-state index contributed by atoms with van der Waals surface area (Å²) in [6.45, 7) is 0. The lowest BCUT2D eigenvalue weighted by atomic mass is 10.2. The minimum atomic E-state index is 0.501. The van der Waals surface area contributed by atoms with E-state index < -0.39 is 0 Å². The van der Waals surface area contributed by atoms with E-state index in [9.17, 15) is 5.26 Å². The van der Waals surface area contributed by atoms with Crippen molar-refractivity contribution in [3.8, 4) is 6.07 Å². The van der Waals surface area contributed by atoms with Crippen LogP contribution in [0.15, 0.2) is 79.5 Å². The molecule has 0 fully saturated rings. The second kappa shape index (κ2) is 7.50. The number of nitriles is 1. The summed E-state index contributed by atoms with van der Waals surface area (Å²) in [5.74, 6) is 0.639. The minimum Gasteiger partial charge on any atom is -0.450 e. The largest absolute Gasteiger partial charge is 0.450 e. The molecular formula is C20H11BrN2OS2. The van der Waals surface area contributed by atoms with Gasteiger partial charge in [0, 0.05) is 15.4 Å². The van der Waals surface area contributed by atoms with Gasteiger partial charge in [0.25, 0.3) is 0 Å². The van der Waals surface area contributed by atoms with Gasteiger partial charge in [-0.05, 0) is 48.5 Å². The summed E-state index contributed by atoms with van der Waals surface area (Å²) in [6.07, 6.45) is 1.74. The molecule has 2 aromatic carbocycles. The molecule has 2 aromatic heterocycles. The third kappa shape index (κ3) is 3.75. The fourth-order valence-corrected chi connectivity index (χ4v) is 4.33. The second-order valence-corrected chi connectivity index (χ2v) is 8.39. The van der Waals surface area contributed by atoms with Gasteiger partial charge in [-0.1, -0.05) is 39.8 Å². The van der Waals surface area contributed by atoms with E-state index in [1.165, 1.54) is 23.1 Å². The molecule has 2 heterocycles. The highest BCUT2D eigenvalue weighted by Gasteiger charge is 2.10. The van der Waals surface area contributed by atoms with E-state index >= 15 is 0 Å². The molecule has 0 aliphatic carbocycles. The number of benzene rings is 2. The number of nitrogens with zero attached hydrogens (tertiary/aromatic N) is 2. The van der Waals surface area contributed by atoms with Crippen LogP contribution in [0.5, 0.6) is 0 Å². The molecule has 0 saturated heterocycles. The summed E-state index contributed by atoms with van der Waals surface area (Å²) in [7, 11) is 0. The number of aromatic nitrogens is 1. The van der Waals surface area contributed by atoms with Crippen molar-refractivity contribution in [2.75, 3.05) is 0 Å². The van der Waals surface area contributed by atoms with E-state index in [0.717, 1.165) is 24.7 Å². The number of para-hydroxylation sites is 1. The zero-order valence-corrected chi connectivity index (χ0v) is 16.6. The SMILES string of the molecule is N#CC(=Cc1ccc(Sc2ccc(Br)cc2)o1)c1nc2ccccc2s1. The van der Waals surface area contributed by atoms with Gasteiger partial charge < -0.3 is 4.42 Å². The summed E-state index contributed by atoms with van der Waals surface area (Å²) < 4.78 is 7.95. The van der Waals surface area contributed by atoms with Gasteiger partial charge in [-0.15, -0.1) is 11.3 Å². The van der Waals surface area contributed by atoms with Crippen LogP contribution in [0.3, 0.4) is 0 Å². The van der Waals surface area contributed by atoms with Crippen molar-refractivity contribution in [2.45, 2.75) is 9.99 Å². The van der Waals surface area contributed by atoms with Crippen molar-refractivity contribution >= 4 is 60.9 Å². The molecule has 126 valence electrons. The van der Waals surface area contributed by atoms with Crippen molar-refractivity contribution in [2.24, 2.45) is 0 Å². The smallest absolute Gasteiger partial charge is 0.165 e. The van der Waals surface area contributed by atoms with E-state index in [2.05, 4.69) is 27.0 Å². The number of fused-ring (bicyclic) bond motifs is 1. The third-order valence-corrected chi connectivity index (χ3v) is 6.09. The van der Waals surface area contributed by atoms with E-state index in [1.54, 1.807) is 6.08 Å². The average Bonchev–Trinajstić information content (AvgIpc) is 3.28. The normalized spacial score (nSPS) is 11.6. The van der Waals surface area contributed by atoms with Gasteiger partial charge in [0.15, 0.2) is 5.09 Å². The van der Waals surface area contributed by atoms with E-state index in [1.807, 2.05) is 60.7 Å². The van der Waals surface area contributed by atoms with Gasteiger partial charge in [0.05, 0.1) is 15.8 Å². The van der Waals surface area contributed by atoms with Crippen molar-refractivity contribution in [3.05, 3.63) is 75.9 Å². The van der Waals surface area contributed by atoms with Gasteiger partial charge in [0.1, 0.15) is 16.8 Å². The highest BCUT2D eigenvalue weighted by molar-refractivity contribution is 9.10. The number of hydrogen-bond acceptors (Lipinski definition) is 5. The molecule has 4 rings (SSSR count). The van der Waals surface area contributed by atoms with Crippen molar-refractivity contribution in [3.63, 3.8) is 0 Å². The van der Waals surface area contributed by atoms with Gasteiger partial charge in [0.2, 0.25) is 0 Å². The van der Waals surface area contributed by atoms with Crippen LogP contribution >= 0.6 is 39.0 Å². The van der Waals surface area contributed by atoms with Crippen molar-refractivity contribution in [1.82, 2.24) is 4.98 Å². The first-order chi connectivity index (χ1) is 12.7. The summed E-state index contributed by atoms with van der Waals surface area (Å²) in [5, 5.41) is 11.0. The topological polar surface area (TPSA) is 49.8 Å². The molecule has 4 aromatic rings. The van der Waals surface area contributed by atoms with Crippen LogP contribution in [0.4, 0.5) is 0 Å². The fourth-order valence-electron chi connectivity index (χ4n) is 2.36. The Labute approximate surface area is 167 Å². The monoisotopic (exact) mass is 438 g/mol. The second-order valence-electron chi connectivity index (χ2n) is 5.37. The summed E-state index contributed by atoms with van der Waals surface area (Å²) >= 11 is 6.47. The number of thiazole rings is 1. The molecule has 0 radical (unpaired) electrons. The van der Waals surface area contributed by atoms with Crippen molar-refractivity contribution < 1.29 is 4.42 Å².